The monoisotopic (exact) mass is 492 g/mol. The first kappa shape index (κ1) is 24.4. The highest BCUT2D eigenvalue weighted by Crippen LogP contribution is 2.41. The summed E-state index contributed by atoms with van der Waals surface area (Å²) in [6.07, 6.45) is -0.558. The molecule has 2 aromatic rings. The molecule has 1 aromatic heterocycles. The quantitative estimate of drug-likeness (QED) is 0.616. The van der Waals surface area contributed by atoms with E-state index in [9.17, 15) is 22.8 Å². The topological polar surface area (TPSA) is 77.6 Å². The van der Waals surface area contributed by atoms with Gasteiger partial charge >= 0.3 is 6.18 Å². The number of likely N-dealkylation sites (tertiary alicyclic amines) is 1. The summed E-state index contributed by atoms with van der Waals surface area (Å²) in [5.74, 6) is 0.0568. The lowest BCUT2D eigenvalue weighted by Gasteiger charge is -2.34. The van der Waals surface area contributed by atoms with E-state index in [0.29, 0.717) is 30.4 Å². The molecule has 2 atom stereocenters. The molecule has 0 aliphatic carbocycles. The third kappa shape index (κ3) is 5.16. The van der Waals surface area contributed by atoms with Crippen molar-refractivity contribution in [2.45, 2.75) is 50.1 Å². The zero-order valence-corrected chi connectivity index (χ0v) is 19.8. The second-order valence-electron chi connectivity index (χ2n) is 9.01. The van der Waals surface area contributed by atoms with Crippen LogP contribution in [0.5, 0.6) is 0 Å². The number of amidine groups is 1. The molecule has 0 bridgehead atoms. The number of halogens is 3. The summed E-state index contributed by atoms with van der Waals surface area (Å²) in [4.78, 5) is 34.5. The highest BCUT2D eigenvalue weighted by molar-refractivity contribution is 8.16. The Labute approximate surface area is 200 Å². The van der Waals surface area contributed by atoms with Crippen LogP contribution in [0.1, 0.15) is 60.8 Å². The first-order valence-electron chi connectivity index (χ1n) is 11.2. The van der Waals surface area contributed by atoms with E-state index in [-0.39, 0.29) is 23.3 Å². The third-order valence-electron chi connectivity index (χ3n) is 6.46. The van der Waals surface area contributed by atoms with E-state index in [1.165, 1.54) is 23.9 Å². The summed E-state index contributed by atoms with van der Waals surface area (Å²) < 4.78 is 39.4. The maximum atomic E-state index is 13.4. The predicted molar refractivity (Wildman–Crippen MR) is 125 cm³/mol. The molecule has 3 heterocycles. The van der Waals surface area contributed by atoms with Crippen molar-refractivity contribution < 1.29 is 22.8 Å². The molecule has 10 heteroatoms. The van der Waals surface area contributed by atoms with Crippen molar-refractivity contribution in [2.75, 3.05) is 13.1 Å². The predicted octanol–water partition coefficient (Wildman–Crippen LogP) is 5.01. The Morgan fingerprint density at radius 3 is 2.59 bits per heavy atom. The van der Waals surface area contributed by atoms with E-state index in [2.05, 4.69) is 15.3 Å². The standard InChI is InChI=1S/C24H27F3N4O2S/c1-15(17-6-3-4-7-18(17)24(25,26)27)29-22-30-21(33)23(2,34-22)14-16-9-12-31(13-10-16)20(32)19-8-5-11-28-19/h3-8,11,15-16,28H,9-10,12-14H2,1-2H3,(H,29,30,33)/t15-,23?/m0/s1. The number of rotatable bonds is 5. The minimum atomic E-state index is -4.47. The van der Waals surface area contributed by atoms with Crippen LogP contribution in [0.15, 0.2) is 47.6 Å². The number of thioether (sulfide) groups is 1. The van der Waals surface area contributed by atoms with Crippen LogP contribution >= 0.6 is 11.8 Å². The van der Waals surface area contributed by atoms with Crippen LogP contribution in [-0.4, -0.2) is 44.7 Å². The van der Waals surface area contributed by atoms with Crippen LogP contribution in [0.4, 0.5) is 13.2 Å². The van der Waals surface area contributed by atoms with E-state index < -0.39 is 22.5 Å². The number of aliphatic imine (C=N–C) groups is 1. The van der Waals surface area contributed by atoms with Gasteiger partial charge in [0.1, 0.15) is 5.69 Å². The average molecular weight is 493 g/mol. The SMILES string of the molecule is C[C@H](N=C1NC(=O)C(C)(CC2CCN(C(=O)c3ccc[nH]3)CC2)S1)c1ccccc1C(F)(F)F. The number of piperidine rings is 1. The van der Waals surface area contributed by atoms with Crippen LogP contribution in [0.25, 0.3) is 0 Å². The van der Waals surface area contributed by atoms with Gasteiger partial charge in [0.25, 0.3) is 5.91 Å². The van der Waals surface area contributed by atoms with Gasteiger partial charge in [-0.3, -0.25) is 14.6 Å². The zero-order valence-electron chi connectivity index (χ0n) is 19.0. The molecular weight excluding hydrogens is 465 g/mol. The number of carbonyl (C=O) groups is 2. The van der Waals surface area contributed by atoms with Crippen molar-refractivity contribution in [1.82, 2.24) is 15.2 Å². The van der Waals surface area contributed by atoms with E-state index >= 15 is 0 Å². The van der Waals surface area contributed by atoms with Gasteiger partial charge in [0.2, 0.25) is 5.91 Å². The maximum Gasteiger partial charge on any atom is 0.416 e. The van der Waals surface area contributed by atoms with Crippen LogP contribution in [0.3, 0.4) is 0 Å². The third-order valence-corrected chi connectivity index (χ3v) is 7.66. The minimum Gasteiger partial charge on any atom is -0.357 e. The number of aromatic amines is 1. The fourth-order valence-corrected chi connectivity index (χ4v) is 5.84. The molecular formula is C24H27F3N4O2S. The number of nitrogens with one attached hydrogen (secondary N) is 2. The molecule has 2 aliphatic rings. The molecule has 1 unspecified atom stereocenters. The van der Waals surface area contributed by atoms with Gasteiger partial charge in [-0.25, -0.2) is 0 Å². The average Bonchev–Trinajstić information content (AvgIpc) is 3.42. The van der Waals surface area contributed by atoms with Crippen molar-refractivity contribution in [3.05, 3.63) is 59.4 Å². The molecule has 2 saturated heterocycles. The summed E-state index contributed by atoms with van der Waals surface area (Å²) in [5.41, 5.74) is -0.0761. The zero-order chi connectivity index (χ0) is 24.5. The minimum absolute atomic E-state index is 0.0230. The molecule has 6 nitrogen and oxygen atoms in total. The lowest BCUT2D eigenvalue weighted by atomic mass is 9.87. The second kappa shape index (κ2) is 9.48. The Morgan fingerprint density at radius 1 is 1.24 bits per heavy atom. The van der Waals surface area contributed by atoms with Crippen molar-refractivity contribution >= 4 is 28.7 Å². The first-order valence-corrected chi connectivity index (χ1v) is 12.1. The molecule has 4 rings (SSSR count). The number of benzene rings is 1. The van der Waals surface area contributed by atoms with Gasteiger partial charge in [0.15, 0.2) is 5.17 Å². The molecule has 34 heavy (non-hydrogen) atoms. The highest BCUT2D eigenvalue weighted by Gasteiger charge is 2.45. The molecule has 1 aromatic carbocycles. The number of hydrogen-bond acceptors (Lipinski definition) is 4. The molecule has 2 aliphatic heterocycles. The van der Waals surface area contributed by atoms with Crippen LogP contribution < -0.4 is 5.32 Å². The number of amides is 2. The molecule has 0 spiro atoms. The van der Waals surface area contributed by atoms with Crippen molar-refractivity contribution in [3.8, 4) is 0 Å². The lowest BCUT2D eigenvalue weighted by molar-refractivity contribution is -0.138. The molecule has 2 N–H and O–H groups in total. The summed E-state index contributed by atoms with van der Waals surface area (Å²) in [5, 5.41) is 3.11. The maximum absolute atomic E-state index is 13.4. The van der Waals surface area contributed by atoms with Gasteiger partial charge < -0.3 is 15.2 Å². The Hall–Kier alpha value is -2.75. The summed E-state index contributed by atoms with van der Waals surface area (Å²) in [6, 6.07) is 8.15. The van der Waals surface area contributed by atoms with E-state index in [4.69, 9.17) is 0 Å². The van der Waals surface area contributed by atoms with Crippen molar-refractivity contribution in [3.63, 3.8) is 0 Å². The number of H-pyrrole nitrogens is 1. The Morgan fingerprint density at radius 2 is 1.94 bits per heavy atom. The molecule has 182 valence electrons. The Balaban J connectivity index is 1.39. The van der Waals surface area contributed by atoms with Crippen LogP contribution in [0, 0.1) is 5.92 Å². The number of aromatic nitrogens is 1. The molecule has 0 saturated carbocycles. The first-order chi connectivity index (χ1) is 16.1. The summed E-state index contributed by atoms with van der Waals surface area (Å²) >= 11 is 1.28. The highest BCUT2D eigenvalue weighted by atomic mass is 32.2. The van der Waals surface area contributed by atoms with Gasteiger partial charge in [-0.2, -0.15) is 13.2 Å². The normalized spacial score (nSPS) is 23.9. The molecule has 2 amide bonds. The Kier molecular flexibility index (Phi) is 6.80. The van der Waals surface area contributed by atoms with Crippen LogP contribution in [-0.2, 0) is 11.0 Å². The van der Waals surface area contributed by atoms with Crippen LogP contribution in [0.2, 0.25) is 0 Å². The number of carbonyl (C=O) groups excluding carboxylic acids is 2. The molecule has 2 fully saturated rings. The van der Waals surface area contributed by atoms with E-state index in [1.807, 2.05) is 11.8 Å². The fraction of sp³-hybridized carbons (Fsp3) is 0.458. The van der Waals surface area contributed by atoms with Gasteiger partial charge in [-0.1, -0.05) is 30.0 Å². The Bertz CT molecular complexity index is 1080. The fourth-order valence-electron chi connectivity index (χ4n) is 4.60. The second-order valence-corrected chi connectivity index (χ2v) is 10.5. The van der Waals surface area contributed by atoms with Gasteiger partial charge in [-0.15, -0.1) is 0 Å². The number of nitrogens with zero attached hydrogens (tertiary/aromatic N) is 2. The smallest absolute Gasteiger partial charge is 0.357 e. The summed E-state index contributed by atoms with van der Waals surface area (Å²) in [6.45, 7) is 4.69. The largest absolute Gasteiger partial charge is 0.416 e. The van der Waals surface area contributed by atoms with Crippen molar-refractivity contribution in [2.24, 2.45) is 10.9 Å². The van der Waals surface area contributed by atoms with Crippen molar-refractivity contribution in [1.29, 1.82) is 0 Å². The van der Waals surface area contributed by atoms with Gasteiger partial charge in [-0.05, 0) is 62.8 Å². The lowest BCUT2D eigenvalue weighted by Crippen LogP contribution is -2.42. The van der Waals surface area contributed by atoms with Gasteiger partial charge in [0, 0.05) is 19.3 Å². The van der Waals surface area contributed by atoms with E-state index in [0.717, 1.165) is 18.9 Å². The molecule has 0 radical (unpaired) electrons. The number of hydrogen-bond donors (Lipinski definition) is 2. The van der Waals surface area contributed by atoms with Gasteiger partial charge in [0.05, 0.1) is 16.4 Å². The number of alkyl halides is 3. The van der Waals surface area contributed by atoms with E-state index in [1.54, 1.807) is 31.3 Å². The summed E-state index contributed by atoms with van der Waals surface area (Å²) in [7, 11) is 0.